The molecule has 0 fully saturated rings. The van der Waals surface area contributed by atoms with E-state index in [0.717, 1.165) is 5.02 Å². The lowest BCUT2D eigenvalue weighted by Gasteiger charge is -1.80. The second kappa shape index (κ2) is 9.67. The maximum absolute atomic E-state index is 10.1. The normalized spacial score (nSPS) is 8.32. The summed E-state index contributed by atoms with van der Waals surface area (Å²) in [6.45, 7) is 1.48. The molecule has 0 saturated heterocycles. The highest BCUT2D eigenvalue weighted by atomic mass is 35.5. The van der Waals surface area contributed by atoms with Crippen LogP contribution in [0.25, 0.3) is 0 Å². The number of carbonyl (C=O) groups is 2. The Bertz CT molecular complexity index is 499. The summed E-state index contributed by atoms with van der Waals surface area (Å²) in [5.41, 5.74) is 0.819. The molecule has 1 aromatic carbocycles. The minimum absolute atomic E-state index is 0.132. The summed E-state index contributed by atoms with van der Waals surface area (Å²) >= 11 is 5.54. The predicted octanol–water partition coefficient (Wildman–Crippen LogP) is 2.46. The Morgan fingerprint density at radius 1 is 1.37 bits per heavy atom. The van der Waals surface area contributed by atoms with Crippen LogP contribution in [-0.4, -0.2) is 32.9 Å². The van der Waals surface area contributed by atoms with Crippen molar-refractivity contribution in [1.82, 2.24) is 10.2 Å². The van der Waals surface area contributed by atoms with E-state index in [-0.39, 0.29) is 12.2 Å². The van der Waals surface area contributed by atoms with Crippen molar-refractivity contribution >= 4 is 24.0 Å². The van der Waals surface area contributed by atoms with Gasteiger partial charge in [-0.25, -0.2) is 4.79 Å². The number of benzene rings is 1. The summed E-state index contributed by atoms with van der Waals surface area (Å²) in [5.74, 6) is -0.976. The quantitative estimate of drug-likeness (QED) is 0.698. The number of aromatic carboxylic acids is 1. The smallest absolute Gasteiger partial charge is 0.353 e. The molecule has 2 aromatic rings. The molecule has 0 spiro atoms. The van der Waals surface area contributed by atoms with Crippen molar-refractivity contribution in [2.24, 2.45) is 0 Å². The van der Waals surface area contributed by atoms with Gasteiger partial charge in [0.15, 0.2) is 0 Å². The van der Waals surface area contributed by atoms with Gasteiger partial charge in [0.2, 0.25) is 0 Å². The van der Waals surface area contributed by atoms with Gasteiger partial charge in [0.1, 0.15) is 5.69 Å². The van der Waals surface area contributed by atoms with Gasteiger partial charge in [0, 0.05) is 5.02 Å². The molecule has 7 heteroatoms. The molecule has 0 atom stereocenters. The van der Waals surface area contributed by atoms with Crippen molar-refractivity contribution in [1.29, 1.82) is 0 Å². The minimum Gasteiger partial charge on any atom is -0.483 e. The number of halogens is 1. The van der Waals surface area contributed by atoms with Crippen LogP contribution in [0.1, 0.15) is 16.2 Å². The molecule has 2 rings (SSSR count). The minimum atomic E-state index is -0.976. The Balaban J connectivity index is 0.000000289. The molecule has 0 aliphatic carbocycles. The first-order valence-electron chi connectivity index (χ1n) is 5.05. The largest absolute Gasteiger partial charge is 0.483 e. The molecule has 1 heterocycles. The number of carboxylic acid groups (broad SMARTS) is 2. The Hall–Kier alpha value is -2.34. The summed E-state index contributed by atoms with van der Waals surface area (Å²) in [6.07, 6.45) is 0. The lowest BCUT2D eigenvalue weighted by Crippen LogP contribution is -1.95. The number of rotatable bonds is 1. The third-order valence-electron chi connectivity index (χ3n) is 1.67. The molecular formula is C12H13ClN2O4. The summed E-state index contributed by atoms with van der Waals surface area (Å²) in [6, 6.07) is 10.9. The standard InChI is InChI=1S/C6H5Cl.C5H6N2O2.CH2O2/c7-6-4-2-1-3-5-6;1-3-2-4(5(8)9)7-6-3;2-1-3/h1-5H;2H,1H3,(H,6,7)(H,8,9);1H,(H,2,3). The molecule has 19 heavy (non-hydrogen) atoms. The molecule has 102 valence electrons. The summed E-state index contributed by atoms with van der Waals surface area (Å²) in [4.78, 5) is 18.5. The second-order valence-electron chi connectivity index (χ2n) is 3.13. The number of H-pyrrole nitrogens is 1. The highest BCUT2D eigenvalue weighted by molar-refractivity contribution is 6.30. The number of hydrogen-bond acceptors (Lipinski definition) is 3. The molecule has 0 radical (unpaired) electrons. The van der Waals surface area contributed by atoms with Crippen molar-refractivity contribution < 1.29 is 19.8 Å². The lowest BCUT2D eigenvalue weighted by atomic mass is 10.4. The highest BCUT2D eigenvalue weighted by Crippen LogP contribution is 2.03. The Morgan fingerprint density at radius 3 is 2.11 bits per heavy atom. The summed E-state index contributed by atoms with van der Waals surface area (Å²) in [7, 11) is 0. The number of aromatic nitrogens is 2. The Kier molecular flexibility index (Phi) is 8.48. The van der Waals surface area contributed by atoms with Crippen LogP contribution in [-0.2, 0) is 4.79 Å². The number of aromatic amines is 1. The van der Waals surface area contributed by atoms with Crippen LogP contribution in [0.4, 0.5) is 0 Å². The zero-order chi connectivity index (χ0) is 14.7. The first-order valence-corrected chi connectivity index (χ1v) is 5.42. The second-order valence-corrected chi connectivity index (χ2v) is 3.57. The van der Waals surface area contributed by atoms with Gasteiger partial charge in [-0.15, -0.1) is 0 Å². The maximum Gasteiger partial charge on any atom is 0.353 e. The van der Waals surface area contributed by atoms with E-state index in [1.54, 1.807) is 6.92 Å². The van der Waals surface area contributed by atoms with Gasteiger partial charge in [-0.1, -0.05) is 29.8 Å². The van der Waals surface area contributed by atoms with E-state index in [1.165, 1.54) is 6.07 Å². The van der Waals surface area contributed by atoms with E-state index in [2.05, 4.69) is 10.2 Å². The van der Waals surface area contributed by atoms with E-state index < -0.39 is 5.97 Å². The molecule has 1 aromatic heterocycles. The van der Waals surface area contributed by atoms with Gasteiger partial charge in [0.05, 0.1) is 5.69 Å². The van der Waals surface area contributed by atoms with Crippen molar-refractivity contribution in [3.05, 3.63) is 52.8 Å². The van der Waals surface area contributed by atoms with Gasteiger partial charge >= 0.3 is 5.97 Å². The fraction of sp³-hybridized carbons (Fsp3) is 0.0833. The SMILES string of the molecule is Cc1cc(C(=O)O)[nH]n1.Clc1ccccc1.O=CO. The van der Waals surface area contributed by atoms with Crippen molar-refractivity contribution in [3.8, 4) is 0 Å². The highest BCUT2D eigenvalue weighted by Gasteiger charge is 2.03. The van der Waals surface area contributed by atoms with Crippen LogP contribution in [0.5, 0.6) is 0 Å². The summed E-state index contributed by atoms with van der Waals surface area (Å²) < 4.78 is 0. The molecule has 0 bridgehead atoms. The van der Waals surface area contributed by atoms with Gasteiger partial charge in [0.25, 0.3) is 6.47 Å². The van der Waals surface area contributed by atoms with E-state index in [0.29, 0.717) is 5.69 Å². The molecule has 0 aliphatic rings. The van der Waals surface area contributed by atoms with Crippen molar-refractivity contribution in [3.63, 3.8) is 0 Å². The first-order chi connectivity index (χ1) is 9.01. The third-order valence-corrected chi connectivity index (χ3v) is 1.92. The zero-order valence-corrected chi connectivity index (χ0v) is 10.8. The monoisotopic (exact) mass is 284 g/mol. The molecule has 0 amide bonds. The van der Waals surface area contributed by atoms with E-state index in [4.69, 9.17) is 26.6 Å². The number of hydrogen-bond donors (Lipinski definition) is 3. The zero-order valence-electron chi connectivity index (χ0n) is 10.1. The maximum atomic E-state index is 10.1. The van der Waals surface area contributed by atoms with Crippen LogP contribution in [0.3, 0.4) is 0 Å². The first kappa shape index (κ1) is 16.7. The van der Waals surface area contributed by atoms with Crippen molar-refractivity contribution in [2.75, 3.05) is 0 Å². The fourth-order valence-corrected chi connectivity index (χ4v) is 1.09. The Morgan fingerprint density at radius 2 is 1.89 bits per heavy atom. The molecule has 6 nitrogen and oxygen atoms in total. The van der Waals surface area contributed by atoms with Crippen molar-refractivity contribution in [2.45, 2.75) is 6.92 Å². The molecule has 0 unspecified atom stereocenters. The molecule has 0 aliphatic heterocycles. The number of nitrogens with zero attached hydrogens (tertiary/aromatic N) is 1. The van der Waals surface area contributed by atoms with E-state index in [9.17, 15) is 4.79 Å². The van der Waals surface area contributed by atoms with Crippen LogP contribution in [0.2, 0.25) is 5.02 Å². The number of carboxylic acids is 1. The molecule has 0 saturated carbocycles. The average molecular weight is 285 g/mol. The third kappa shape index (κ3) is 8.39. The summed E-state index contributed by atoms with van der Waals surface area (Å²) in [5, 5.41) is 22.0. The van der Waals surface area contributed by atoms with Gasteiger partial charge in [-0.2, -0.15) is 5.10 Å². The van der Waals surface area contributed by atoms with Crippen LogP contribution < -0.4 is 0 Å². The van der Waals surface area contributed by atoms with E-state index >= 15 is 0 Å². The number of nitrogens with one attached hydrogen (secondary N) is 1. The molecular weight excluding hydrogens is 272 g/mol. The van der Waals surface area contributed by atoms with Gasteiger partial charge in [-0.05, 0) is 25.1 Å². The van der Waals surface area contributed by atoms with Crippen LogP contribution in [0, 0.1) is 6.92 Å². The topological polar surface area (TPSA) is 103 Å². The van der Waals surface area contributed by atoms with Gasteiger partial charge < -0.3 is 10.2 Å². The number of aryl methyl sites for hydroxylation is 1. The van der Waals surface area contributed by atoms with Crippen LogP contribution in [0.15, 0.2) is 36.4 Å². The fourth-order valence-electron chi connectivity index (χ4n) is 0.946. The average Bonchev–Trinajstić information content (AvgIpc) is 2.79. The van der Waals surface area contributed by atoms with Crippen LogP contribution >= 0.6 is 11.6 Å². The molecule has 3 N–H and O–H groups in total. The van der Waals surface area contributed by atoms with E-state index in [1.807, 2.05) is 30.3 Å². The predicted molar refractivity (Wildman–Crippen MR) is 70.4 cm³/mol. The van der Waals surface area contributed by atoms with Gasteiger partial charge in [-0.3, -0.25) is 9.89 Å². The lowest BCUT2D eigenvalue weighted by molar-refractivity contribution is -0.122. The Labute approximate surface area is 114 Å².